The number of thioether (sulfide) groups is 1. The second-order valence-electron chi connectivity index (χ2n) is 6.33. The Kier molecular flexibility index (Phi) is 6.28. The Labute approximate surface area is 159 Å². The van der Waals surface area contributed by atoms with Crippen molar-refractivity contribution in [3.8, 4) is 5.75 Å². The third-order valence-electron chi connectivity index (χ3n) is 4.24. The monoisotopic (exact) mass is 396 g/mol. The zero-order valence-corrected chi connectivity index (χ0v) is 15.2. The maximum absolute atomic E-state index is 14.4. The van der Waals surface area contributed by atoms with Gasteiger partial charge in [0.25, 0.3) is 5.24 Å². The fourth-order valence-corrected chi connectivity index (χ4v) is 3.88. The Bertz CT molecular complexity index is 821. The maximum Gasteiger partial charge on any atom is 0.278 e. The molecular weight excluding hydrogens is 377 g/mol. The van der Waals surface area contributed by atoms with Crippen molar-refractivity contribution in [1.82, 2.24) is 4.90 Å². The first-order valence-corrected chi connectivity index (χ1v) is 9.28. The Morgan fingerprint density at radius 2 is 2.07 bits per heavy atom. The number of carbonyl (C=O) groups is 1. The smallest absolute Gasteiger partial charge is 0.278 e. The van der Waals surface area contributed by atoms with Gasteiger partial charge in [0, 0.05) is 31.1 Å². The number of ether oxygens (including phenoxy) is 1. The van der Waals surface area contributed by atoms with Gasteiger partial charge in [0.1, 0.15) is 30.2 Å². The van der Waals surface area contributed by atoms with Crippen LogP contribution < -0.4 is 10.5 Å². The second-order valence-corrected chi connectivity index (χ2v) is 7.51. The number of hydrogen-bond acceptors (Lipinski definition) is 4. The zero-order valence-electron chi connectivity index (χ0n) is 14.4. The van der Waals surface area contributed by atoms with Crippen molar-refractivity contribution in [3.05, 3.63) is 65.2 Å². The average Bonchev–Trinajstić information content (AvgIpc) is 2.93. The first-order chi connectivity index (χ1) is 12.9. The molecule has 0 saturated carbocycles. The average molecular weight is 396 g/mol. The Morgan fingerprint density at radius 3 is 2.78 bits per heavy atom. The Balaban J connectivity index is 1.63. The topological polar surface area (TPSA) is 55.6 Å². The quantitative estimate of drug-likeness (QED) is 0.794. The molecule has 0 aromatic heterocycles. The number of primary amides is 1. The van der Waals surface area contributed by atoms with E-state index in [2.05, 4.69) is 0 Å². The van der Waals surface area contributed by atoms with E-state index in [1.807, 2.05) is 0 Å². The molecule has 2 atom stereocenters. The summed E-state index contributed by atoms with van der Waals surface area (Å²) in [5, 5.41) is -0.985. The van der Waals surface area contributed by atoms with Gasteiger partial charge >= 0.3 is 0 Å². The molecule has 2 aromatic rings. The molecule has 8 heteroatoms. The Hall–Kier alpha value is -2.19. The molecule has 4 nitrogen and oxygen atoms in total. The number of likely N-dealkylation sites (tertiary alicyclic amines) is 1. The van der Waals surface area contributed by atoms with Crippen LogP contribution in [0.1, 0.15) is 17.5 Å². The molecule has 1 fully saturated rings. The molecule has 2 N–H and O–H groups in total. The van der Waals surface area contributed by atoms with Crippen molar-refractivity contribution >= 4 is 17.0 Å². The summed E-state index contributed by atoms with van der Waals surface area (Å²) in [6.45, 7) is 0.410. The normalized spacial score (nSPS) is 20.0. The van der Waals surface area contributed by atoms with Crippen LogP contribution in [0.5, 0.6) is 5.75 Å². The van der Waals surface area contributed by atoms with E-state index in [-0.39, 0.29) is 31.9 Å². The van der Waals surface area contributed by atoms with Crippen LogP contribution in [-0.2, 0) is 13.2 Å². The highest BCUT2D eigenvalue weighted by Gasteiger charge is 2.34. The van der Waals surface area contributed by atoms with Gasteiger partial charge in [-0.25, -0.2) is 13.2 Å². The van der Waals surface area contributed by atoms with Crippen LogP contribution in [0, 0.1) is 11.6 Å². The lowest BCUT2D eigenvalue weighted by molar-refractivity contribution is 0.262. The van der Waals surface area contributed by atoms with E-state index in [0.29, 0.717) is 16.9 Å². The van der Waals surface area contributed by atoms with Gasteiger partial charge in [-0.2, -0.15) is 0 Å². The summed E-state index contributed by atoms with van der Waals surface area (Å²) in [5.41, 5.74) is 6.18. The van der Waals surface area contributed by atoms with Gasteiger partial charge < -0.3 is 10.5 Å². The standard InChI is InChI=1S/C19H19F3N2O2S/c20-14-3-1-2-12(6-14)11-26-16-5-4-13(17(22)8-16)9-24-10-15(21)7-18(24)27-19(23)25/h1-6,8,15,18H,7,9-11H2,(H2,23,25)/t15-,18?/m0/s1. The van der Waals surface area contributed by atoms with Gasteiger partial charge in [0.2, 0.25) is 0 Å². The van der Waals surface area contributed by atoms with Crippen molar-refractivity contribution in [2.75, 3.05) is 6.54 Å². The third-order valence-corrected chi connectivity index (χ3v) is 5.24. The summed E-state index contributed by atoms with van der Waals surface area (Å²) in [7, 11) is 0. The summed E-state index contributed by atoms with van der Waals surface area (Å²) in [4.78, 5) is 12.8. The number of amides is 1. The predicted octanol–water partition coefficient (Wildman–Crippen LogP) is 4.23. The highest BCUT2D eigenvalue weighted by atomic mass is 32.2. The van der Waals surface area contributed by atoms with Crippen LogP contribution in [0.3, 0.4) is 0 Å². The minimum absolute atomic E-state index is 0.115. The molecule has 27 heavy (non-hydrogen) atoms. The minimum atomic E-state index is -1.07. The number of carbonyl (C=O) groups excluding carboxylic acids is 1. The molecule has 1 saturated heterocycles. The second kappa shape index (κ2) is 8.67. The van der Waals surface area contributed by atoms with E-state index in [1.54, 1.807) is 29.2 Å². The van der Waals surface area contributed by atoms with E-state index in [4.69, 9.17) is 10.5 Å². The minimum Gasteiger partial charge on any atom is -0.489 e. The highest BCUT2D eigenvalue weighted by molar-refractivity contribution is 8.14. The molecule has 0 spiro atoms. The van der Waals surface area contributed by atoms with Crippen molar-refractivity contribution in [1.29, 1.82) is 0 Å². The first kappa shape index (κ1) is 19.6. The fraction of sp³-hybridized carbons (Fsp3) is 0.316. The lowest BCUT2D eigenvalue weighted by Gasteiger charge is -2.22. The molecule has 0 radical (unpaired) electrons. The van der Waals surface area contributed by atoms with Crippen molar-refractivity contribution in [2.45, 2.75) is 31.1 Å². The lowest BCUT2D eigenvalue weighted by Crippen LogP contribution is -2.29. The predicted molar refractivity (Wildman–Crippen MR) is 98.0 cm³/mol. The fourth-order valence-electron chi connectivity index (χ4n) is 3.00. The van der Waals surface area contributed by atoms with Gasteiger partial charge in [-0.1, -0.05) is 18.2 Å². The Morgan fingerprint density at radius 1 is 1.26 bits per heavy atom. The molecular formula is C19H19F3N2O2S. The number of halogens is 3. The van der Waals surface area contributed by atoms with Gasteiger partial charge in [-0.05, 0) is 35.5 Å². The van der Waals surface area contributed by atoms with Crippen LogP contribution >= 0.6 is 11.8 Å². The number of nitrogens with zero attached hydrogens (tertiary/aromatic N) is 1. The van der Waals surface area contributed by atoms with Crippen molar-refractivity contribution < 1.29 is 22.7 Å². The lowest BCUT2D eigenvalue weighted by atomic mass is 10.2. The van der Waals surface area contributed by atoms with E-state index >= 15 is 0 Å². The van der Waals surface area contributed by atoms with Crippen LogP contribution in [0.15, 0.2) is 42.5 Å². The summed E-state index contributed by atoms with van der Waals surface area (Å²) < 4.78 is 46.8. The van der Waals surface area contributed by atoms with Crippen LogP contribution in [0.2, 0.25) is 0 Å². The highest BCUT2D eigenvalue weighted by Crippen LogP contribution is 2.31. The van der Waals surface area contributed by atoms with Gasteiger partial charge in [-0.15, -0.1) is 0 Å². The number of benzene rings is 2. The van der Waals surface area contributed by atoms with E-state index in [9.17, 15) is 18.0 Å². The van der Waals surface area contributed by atoms with Crippen LogP contribution in [0.4, 0.5) is 18.0 Å². The van der Waals surface area contributed by atoms with Gasteiger partial charge in [-0.3, -0.25) is 9.69 Å². The summed E-state index contributed by atoms with van der Waals surface area (Å²) in [6, 6.07) is 10.4. The van der Waals surface area contributed by atoms with Crippen LogP contribution in [0.25, 0.3) is 0 Å². The molecule has 1 amide bonds. The number of alkyl halides is 1. The van der Waals surface area contributed by atoms with E-state index < -0.39 is 22.6 Å². The molecule has 3 rings (SSSR count). The van der Waals surface area contributed by atoms with Crippen molar-refractivity contribution in [3.63, 3.8) is 0 Å². The first-order valence-electron chi connectivity index (χ1n) is 8.40. The molecule has 1 heterocycles. The molecule has 144 valence electrons. The van der Waals surface area contributed by atoms with E-state index in [1.165, 1.54) is 18.2 Å². The summed E-state index contributed by atoms with van der Waals surface area (Å²) >= 11 is 0.856. The largest absolute Gasteiger partial charge is 0.489 e. The molecule has 0 bridgehead atoms. The molecule has 1 aliphatic rings. The maximum atomic E-state index is 14.4. The molecule has 1 unspecified atom stereocenters. The van der Waals surface area contributed by atoms with Crippen molar-refractivity contribution in [2.24, 2.45) is 5.73 Å². The molecule has 2 aromatic carbocycles. The van der Waals surface area contributed by atoms with E-state index in [0.717, 1.165) is 11.8 Å². The van der Waals surface area contributed by atoms with Gasteiger partial charge in [0.05, 0.1) is 5.37 Å². The number of nitrogens with two attached hydrogens (primary N) is 1. The number of hydrogen-bond donors (Lipinski definition) is 1. The zero-order chi connectivity index (χ0) is 19.4. The third kappa shape index (κ3) is 5.40. The molecule has 0 aliphatic carbocycles. The molecule has 1 aliphatic heterocycles. The van der Waals surface area contributed by atoms with Crippen LogP contribution in [-0.4, -0.2) is 28.2 Å². The summed E-state index contributed by atoms with van der Waals surface area (Å²) in [5.74, 6) is -0.539. The summed E-state index contributed by atoms with van der Waals surface area (Å²) in [6.07, 6.45) is -0.886. The number of rotatable bonds is 6. The SMILES string of the molecule is NC(=O)SC1C[C@H](F)CN1Cc1ccc(OCc2cccc(F)c2)cc1F. The van der Waals surface area contributed by atoms with Gasteiger partial charge in [0.15, 0.2) is 0 Å².